The molecule has 0 spiro atoms. The highest BCUT2D eigenvalue weighted by molar-refractivity contribution is 6.01. The van der Waals surface area contributed by atoms with Crippen LogP contribution in [0.5, 0.6) is 0 Å². The van der Waals surface area contributed by atoms with Crippen LogP contribution in [-0.2, 0) is 9.59 Å². The highest BCUT2D eigenvalue weighted by atomic mass is 16.2. The third-order valence-corrected chi connectivity index (χ3v) is 8.08. The molecule has 0 unspecified atom stereocenters. The van der Waals surface area contributed by atoms with E-state index in [9.17, 15) is 24.0 Å². The number of carbonyl (C=O) groups is 5. The smallest absolute Gasteiger partial charge is 0.329 e. The second-order valence-electron chi connectivity index (χ2n) is 12.9. The normalized spacial score (nSPS) is 10.9. The fourth-order valence-electron chi connectivity index (χ4n) is 5.24. The van der Waals surface area contributed by atoms with Gasteiger partial charge < -0.3 is 11.5 Å². The number of unbranched alkanes of at least 4 members (excludes halogenated alkanes) is 22. The number of carbonyl (C=O) groups excluding carboxylic acids is 5. The number of nitrogens with one attached hydrogen (secondary N) is 3. The standard InChI is InChI=1S/C20H37N3O3.C19H36N2O2/c1-2-3-4-5-6-7-8-9-10-11-12-13-14-15-16-17-18(24)22-20(26)23-19(21)25;1-2-3-4-5-6-7-8-9-10-11-12-13-14-15-16-17-18(22)21-19(20)23/h9-10H,2-8,11-17H2,1H3,(H4,21,22,23,24,25,26);9-10H,2-8,11-17H2,1H3,(H3,20,21,22,23). The summed E-state index contributed by atoms with van der Waals surface area (Å²) in [6.07, 6.45) is 41.4. The van der Waals surface area contributed by atoms with Gasteiger partial charge in [-0.2, -0.15) is 0 Å². The molecule has 0 fully saturated rings. The van der Waals surface area contributed by atoms with E-state index in [1.54, 1.807) is 5.32 Å². The van der Waals surface area contributed by atoms with Crippen molar-refractivity contribution in [1.82, 2.24) is 16.0 Å². The zero-order chi connectivity index (χ0) is 36.6. The van der Waals surface area contributed by atoms with Crippen LogP contribution in [0, 0.1) is 0 Å². The van der Waals surface area contributed by atoms with Crippen LogP contribution in [0.2, 0.25) is 0 Å². The largest absolute Gasteiger partial charge is 0.351 e. The zero-order valence-corrected chi connectivity index (χ0v) is 31.3. The lowest BCUT2D eigenvalue weighted by atomic mass is 10.1. The molecule has 0 aromatic rings. The summed E-state index contributed by atoms with van der Waals surface area (Å²) in [6.45, 7) is 4.50. The number of imide groups is 3. The Hall–Kier alpha value is -3.17. The number of hydrogen-bond donors (Lipinski definition) is 5. The minimum absolute atomic E-state index is 0.268. The lowest BCUT2D eigenvalue weighted by molar-refractivity contribution is -0.121. The van der Waals surface area contributed by atoms with E-state index in [0.29, 0.717) is 6.42 Å². The Balaban J connectivity index is 0. The lowest BCUT2D eigenvalue weighted by Crippen LogP contribution is -2.44. The van der Waals surface area contributed by atoms with Gasteiger partial charge in [-0.05, 0) is 64.2 Å². The molecule has 0 aliphatic heterocycles. The monoisotopic (exact) mass is 692 g/mol. The van der Waals surface area contributed by atoms with Crippen LogP contribution in [0.15, 0.2) is 24.3 Å². The summed E-state index contributed by atoms with van der Waals surface area (Å²) >= 11 is 0. The van der Waals surface area contributed by atoms with Crippen molar-refractivity contribution in [3.8, 4) is 0 Å². The van der Waals surface area contributed by atoms with Crippen LogP contribution < -0.4 is 27.4 Å². The Morgan fingerprint density at radius 3 is 1.00 bits per heavy atom. The first-order valence-electron chi connectivity index (χ1n) is 19.5. The van der Waals surface area contributed by atoms with Crippen LogP contribution in [0.1, 0.15) is 194 Å². The van der Waals surface area contributed by atoms with Gasteiger partial charge in [-0.25, -0.2) is 14.4 Å². The molecule has 7 N–H and O–H groups in total. The predicted octanol–water partition coefficient (Wildman–Crippen LogP) is 10.1. The van der Waals surface area contributed by atoms with Crippen molar-refractivity contribution in [2.24, 2.45) is 11.5 Å². The molecule has 0 saturated heterocycles. The number of primary amides is 2. The number of rotatable bonds is 30. The third-order valence-electron chi connectivity index (χ3n) is 8.08. The molecule has 0 atom stereocenters. The molecule has 0 aromatic carbocycles. The number of urea groups is 3. The first kappa shape index (κ1) is 47.9. The molecule has 0 bridgehead atoms. The second kappa shape index (κ2) is 39.3. The molecule has 8 amide bonds. The van der Waals surface area contributed by atoms with Crippen molar-refractivity contribution in [1.29, 1.82) is 0 Å². The first-order valence-corrected chi connectivity index (χ1v) is 19.5. The Bertz CT molecular complexity index is 891. The summed E-state index contributed by atoms with van der Waals surface area (Å²) in [5.41, 5.74) is 9.65. The van der Waals surface area contributed by atoms with Crippen molar-refractivity contribution >= 4 is 29.9 Å². The molecule has 0 aromatic heterocycles. The summed E-state index contributed by atoms with van der Waals surface area (Å²) in [6, 6.07) is -2.60. The van der Waals surface area contributed by atoms with E-state index in [1.807, 2.05) is 0 Å². The SMILES string of the molecule is CCCCCCCCC=CCCCCCCCC(=O)NC(=O)NC(N)=O.CCCCCCCCC=CCCCCCCCC(=O)NC(N)=O. The minimum Gasteiger partial charge on any atom is -0.351 e. The zero-order valence-electron chi connectivity index (χ0n) is 31.3. The van der Waals surface area contributed by atoms with E-state index in [1.165, 1.54) is 109 Å². The van der Waals surface area contributed by atoms with Gasteiger partial charge >= 0.3 is 18.1 Å². The van der Waals surface area contributed by atoms with Crippen molar-refractivity contribution in [2.75, 3.05) is 0 Å². The van der Waals surface area contributed by atoms with E-state index in [0.717, 1.165) is 57.8 Å². The van der Waals surface area contributed by atoms with Crippen LogP contribution in [0.3, 0.4) is 0 Å². The van der Waals surface area contributed by atoms with E-state index < -0.39 is 18.1 Å². The molecule has 284 valence electrons. The van der Waals surface area contributed by atoms with E-state index in [-0.39, 0.29) is 18.2 Å². The third kappa shape index (κ3) is 44.8. The predicted molar refractivity (Wildman–Crippen MR) is 203 cm³/mol. The molecule has 10 heteroatoms. The molecule has 0 rings (SSSR count). The van der Waals surface area contributed by atoms with E-state index >= 15 is 0 Å². The highest BCUT2D eigenvalue weighted by Gasteiger charge is 2.08. The van der Waals surface area contributed by atoms with Gasteiger partial charge in [0.25, 0.3) is 0 Å². The molecule has 0 aliphatic carbocycles. The number of allylic oxidation sites excluding steroid dienone is 4. The van der Waals surface area contributed by atoms with Gasteiger partial charge in [0, 0.05) is 12.8 Å². The van der Waals surface area contributed by atoms with Gasteiger partial charge in [0.1, 0.15) is 0 Å². The van der Waals surface area contributed by atoms with Gasteiger partial charge in [0.05, 0.1) is 0 Å². The molecule has 0 saturated carbocycles. The maximum atomic E-state index is 11.4. The van der Waals surface area contributed by atoms with E-state index in [2.05, 4.69) is 48.8 Å². The Labute approximate surface area is 298 Å². The maximum absolute atomic E-state index is 11.4. The fraction of sp³-hybridized carbons (Fsp3) is 0.769. The van der Waals surface area contributed by atoms with Crippen LogP contribution in [0.25, 0.3) is 0 Å². The maximum Gasteiger partial charge on any atom is 0.329 e. The Kier molecular flexibility index (Phi) is 38.4. The van der Waals surface area contributed by atoms with Crippen LogP contribution in [-0.4, -0.2) is 29.9 Å². The van der Waals surface area contributed by atoms with Crippen molar-refractivity contribution in [3.05, 3.63) is 24.3 Å². The molecule has 0 aliphatic rings. The summed E-state index contributed by atoms with van der Waals surface area (Å²) in [5.74, 6) is -0.656. The van der Waals surface area contributed by atoms with Crippen molar-refractivity contribution in [3.63, 3.8) is 0 Å². The summed E-state index contributed by atoms with van der Waals surface area (Å²) < 4.78 is 0. The minimum atomic E-state index is -0.976. The van der Waals surface area contributed by atoms with E-state index in [4.69, 9.17) is 11.5 Å². The average molecular weight is 692 g/mol. The van der Waals surface area contributed by atoms with Gasteiger partial charge in [0.15, 0.2) is 0 Å². The Morgan fingerprint density at radius 1 is 0.388 bits per heavy atom. The Morgan fingerprint density at radius 2 is 0.673 bits per heavy atom. The van der Waals surface area contributed by atoms with Gasteiger partial charge in [0.2, 0.25) is 11.8 Å². The topological polar surface area (TPSA) is 173 Å². The summed E-state index contributed by atoms with van der Waals surface area (Å²) in [5, 5.41) is 5.93. The quantitative estimate of drug-likeness (QED) is 0.0372. The number of hydrogen-bond acceptors (Lipinski definition) is 5. The highest BCUT2D eigenvalue weighted by Crippen LogP contribution is 2.11. The second-order valence-corrected chi connectivity index (χ2v) is 12.9. The summed E-state index contributed by atoms with van der Waals surface area (Å²) in [4.78, 5) is 54.6. The molecule has 10 nitrogen and oxygen atoms in total. The van der Waals surface area contributed by atoms with Crippen LogP contribution in [0.4, 0.5) is 14.4 Å². The fourth-order valence-corrected chi connectivity index (χ4v) is 5.24. The van der Waals surface area contributed by atoms with Gasteiger partial charge in [-0.3, -0.25) is 25.5 Å². The van der Waals surface area contributed by atoms with Gasteiger partial charge in [-0.15, -0.1) is 0 Å². The molecular formula is C39H73N5O5. The van der Waals surface area contributed by atoms with Gasteiger partial charge in [-0.1, -0.05) is 141 Å². The average Bonchev–Trinajstić information content (AvgIpc) is 3.04. The molecule has 0 radical (unpaired) electrons. The summed E-state index contributed by atoms with van der Waals surface area (Å²) in [7, 11) is 0. The van der Waals surface area contributed by atoms with Crippen molar-refractivity contribution < 1.29 is 24.0 Å². The molecule has 0 heterocycles. The van der Waals surface area contributed by atoms with Crippen molar-refractivity contribution in [2.45, 2.75) is 194 Å². The lowest BCUT2D eigenvalue weighted by Gasteiger charge is -2.03. The van der Waals surface area contributed by atoms with Crippen LogP contribution >= 0.6 is 0 Å². The molecular weight excluding hydrogens is 618 g/mol. The number of nitrogens with two attached hydrogens (primary N) is 2. The first-order chi connectivity index (χ1) is 23.7. The molecule has 49 heavy (non-hydrogen) atoms. The number of amides is 8.